The summed E-state index contributed by atoms with van der Waals surface area (Å²) in [7, 11) is -5.68. The summed E-state index contributed by atoms with van der Waals surface area (Å²) in [6, 6.07) is 47.5. The van der Waals surface area contributed by atoms with Crippen LogP contribution in [0.1, 0.15) is 26.7 Å². The van der Waals surface area contributed by atoms with E-state index in [9.17, 15) is 22.0 Å². The highest BCUT2D eigenvalue weighted by molar-refractivity contribution is 7.99. The fourth-order valence-electron chi connectivity index (χ4n) is 4.75. The molecule has 0 unspecified atom stereocenters. The normalized spacial score (nSPS) is 11.6. The topological polar surface area (TPSA) is 80.7 Å². The molecule has 0 aliphatic rings. The van der Waals surface area contributed by atoms with Gasteiger partial charge in [-0.05, 0) is 50.9 Å². The highest BCUT2D eigenvalue weighted by Gasteiger charge is 2.45. The molecule has 0 atom stereocenters. The Labute approximate surface area is 264 Å². The first-order valence-electron chi connectivity index (χ1n) is 13.9. The number of thioether (sulfide) groups is 1. The van der Waals surface area contributed by atoms with Gasteiger partial charge in [-0.3, -0.25) is 4.55 Å². The van der Waals surface area contributed by atoms with Gasteiger partial charge >= 0.3 is 21.3 Å². The molecule has 9 heteroatoms. The zero-order valence-corrected chi connectivity index (χ0v) is 25.4. The standard InChI is InChI=1S/C19H16S.C17H12F2O5S/c1-4-10-16(11-5-1)19(17-12-6-2-7-13-17)20-18-14-8-3-9-15-18;18-17(19,25(21,22)23)10-24-16(20)15-13-7-3-1-5-11(13)9-12-6-2-4-8-14(12)15/h1-15,19H;1-9H,10H2,(H,21,22,23). The second-order valence-corrected chi connectivity index (χ2v) is 12.7. The second-order valence-electron chi connectivity index (χ2n) is 10.0. The summed E-state index contributed by atoms with van der Waals surface area (Å²) < 4.78 is 60.9. The van der Waals surface area contributed by atoms with Crippen molar-refractivity contribution in [2.24, 2.45) is 0 Å². The molecule has 45 heavy (non-hydrogen) atoms. The van der Waals surface area contributed by atoms with Gasteiger partial charge in [0.15, 0.2) is 6.61 Å². The molecular weight excluding hydrogens is 615 g/mol. The minimum Gasteiger partial charge on any atom is -0.454 e. The Hall–Kier alpha value is -4.57. The molecule has 0 bridgehead atoms. The molecule has 6 rings (SSSR count). The van der Waals surface area contributed by atoms with Crippen LogP contribution in [0.4, 0.5) is 8.78 Å². The van der Waals surface area contributed by atoms with E-state index in [0.717, 1.165) is 0 Å². The van der Waals surface area contributed by atoms with Gasteiger partial charge in [-0.15, -0.1) is 11.8 Å². The molecule has 0 aromatic heterocycles. The molecule has 0 aliphatic carbocycles. The number of halogens is 2. The quantitative estimate of drug-likeness (QED) is 0.0772. The number of hydrogen-bond donors (Lipinski definition) is 1. The molecule has 228 valence electrons. The van der Waals surface area contributed by atoms with E-state index in [1.54, 1.807) is 48.5 Å². The third-order valence-corrected chi connectivity index (χ3v) is 9.12. The first-order valence-corrected chi connectivity index (χ1v) is 16.2. The molecule has 6 aromatic rings. The number of carbonyl (C=O) groups is 1. The highest BCUT2D eigenvalue weighted by atomic mass is 32.2. The molecule has 0 radical (unpaired) electrons. The Morgan fingerprint density at radius 2 is 1.11 bits per heavy atom. The highest BCUT2D eigenvalue weighted by Crippen LogP contribution is 2.40. The van der Waals surface area contributed by atoms with E-state index in [1.807, 2.05) is 17.8 Å². The Morgan fingerprint density at radius 1 is 0.689 bits per heavy atom. The van der Waals surface area contributed by atoms with E-state index in [0.29, 0.717) is 26.8 Å². The van der Waals surface area contributed by atoms with Crippen LogP contribution in [-0.4, -0.2) is 30.8 Å². The van der Waals surface area contributed by atoms with Crippen molar-refractivity contribution in [1.82, 2.24) is 0 Å². The molecule has 0 heterocycles. The molecular formula is C36H28F2O5S2. The van der Waals surface area contributed by atoms with Crippen molar-refractivity contribution < 1.29 is 31.3 Å². The molecule has 6 aromatic carbocycles. The number of esters is 1. The summed E-state index contributed by atoms with van der Waals surface area (Å²) in [4.78, 5) is 13.7. The van der Waals surface area contributed by atoms with Crippen LogP contribution in [0.2, 0.25) is 0 Å². The maximum absolute atomic E-state index is 13.3. The number of carbonyl (C=O) groups excluding carboxylic acids is 1. The average molecular weight is 643 g/mol. The van der Waals surface area contributed by atoms with E-state index < -0.39 is 27.9 Å². The van der Waals surface area contributed by atoms with Gasteiger partial charge in [0.25, 0.3) is 0 Å². The third-order valence-electron chi connectivity index (χ3n) is 6.93. The zero-order chi connectivity index (χ0) is 31.9. The van der Waals surface area contributed by atoms with Gasteiger partial charge in [0.2, 0.25) is 0 Å². The largest absolute Gasteiger partial charge is 0.454 e. The fraction of sp³-hybridized carbons (Fsp3) is 0.0833. The lowest BCUT2D eigenvalue weighted by molar-refractivity contribution is -0.00924. The molecule has 0 aliphatic heterocycles. The predicted octanol–water partition coefficient (Wildman–Crippen LogP) is 9.20. The van der Waals surface area contributed by atoms with Gasteiger partial charge in [0.05, 0.1) is 10.8 Å². The van der Waals surface area contributed by atoms with E-state index >= 15 is 0 Å². The number of rotatable bonds is 8. The number of ether oxygens (including phenoxy) is 1. The number of fused-ring (bicyclic) bond motifs is 2. The molecule has 1 N–H and O–H groups in total. The number of alkyl halides is 2. The zero-order valence-electron chi connectivity index (χ0n) is 23.8. The number of hydrogen-bond acceptors (Lipinski definition) is 5. The lowest BCUT2D eigenvalue weighted by atomic mass is 9.97. The number of benzene rings is 6. The first kappa shape index (κ1) is 31.8. The van der Waals surface area contributed by atoms with Crippen LogP contribution in [0.5, 0.6) is 0 Å². The summed E-state index contributed by atoms with van der Waals surface area (Å²) in [6.07, 6.45) is 0. The Morgan fingerprint density at radius 3 is 1.58 bits per heavy atom. The summed E-state index contributed by atoms with van der Waals surface area (Å²) in [5.74, 6) is -1.10. The molecule has 0 fully saturated rings. The van der Waals surface area contributed by atoms with E-state index in [2.05, 4.69) is 95.7 Å². The van der Waals surface area contributed by atoms with Crippen LogP contribution >= 0.6 is 11.8 Å². The van der Waals surface area contributed by atoms with E-state index in [1.165, 1.54) is 16.0 Å². The molecule has 5 nitrogen and oxygen atoms in total. The van der Waals surface area contributed by atoms with Gasteiger partial charge in [-0.2, -0.15) is 17.2 Å². The van der Waals surface area contributed by atoms with Crippen LogP contribution in [0.3, 0.4) is 0 Å². The Balaban J connectivity index is 0.000000182. The van der Waals surface area contributed by atoms with Crippen molar-refractivity contribution in [2.75, 3.05) is 6.61 Å². The molecule has 0 saturated carbocycles. The van der Waals surface area contributed by atoms with Crippen LogP contribution in [0.25, 0.3) is 21.5 Å². The summed E-state index contributed by atoms with van der Waals surface area (Å²) in [5, 5.41) is -1.87. The monoisotopic (exact) mass is 642 g/mol. The van der Waals surface area contributed by atoms with Crippen LogP contribution in [0, 0.1) is 0 Å². The lowest BCUT2D eigenvalue weighted by Crippen LogP contribution is -2.34. The van der Waals surface area contributed by atoms with Crippen LogP contribution < -0.4 is 0 Å². The molecule has 0 spiro atoms. The van der Waals surface area contributed by atoms with Crippen molar-refractivity contribution in [3.63, 3.8) is 0 Å². The maximum atomic E-state index is 13.3. The summed E-state index contributed by atoms with van der Waals surface area (Å²) in [6.45, 7) is -1.78. The smallest absolute Gasteiger partial charge is 0.402 e. The predicted molar refractivity (Wildman–Crippen MR) is 175 cm³/mol. The maximum Gasteiger partial charge on any atom is 0.402 e. The average Bonchev–Trinajstić information content (AvgIpc) is 3.06. The van der Waals surface area contributed by atoms with E-state index in [4.69, 9.17) is 4.55 Å². The molecule has 0 amide bonds. The van der Waals surface area contributed by atoms with Crippen molar-refractivity contribution in [3.05, 3.63) is 162 Å². The van der Waals surface area contributed by atoms with Crippen molar-refractivity contribution >= 4 is 49.4 Å². The SMILES string of the molecule is O=C(OCC(F)(F)S(=O)(=O)O)c1c2ccccc2cc2ccccc12.c1ccc(SC(c2ccccc2)c2ccccc2)cc1. The second kappa shape index (κ2) is 14.0. The van der Waals surface area contributed by atoms with Gasteiger partial charge in [0, 0.05) is 4.90 Å². The Kier molecular flexibility index (Phi) is 9.93. The van der Waals surface area contributed by atoms with Crippen LogP contribution in [-0.2, 0) is 14.9 Å². The summed E-state index contributed by atoms with van der Waals surface area (Å²) in [5.41, 5.74) is 2.74. The van der Waals surface area contributed by atoms with Gasteiger partial charge in [-0.1, -0.05) is 127 Å². The summed E-state index contributed by atoms with van der Waals surface area (Å²) >= 11 is 1.89. The van der Waals surface area contributed by atoms with Gasteiger partial charge < -0.3 is 4.74 Å². The minimum atomic E-state index is -5.68. The first-order chi connectivity index (χ1) is 21.6. The van der Waals surface area contributed by atoms with Gasteiger partial charge in [-0.25, -0.2) is 4.79 Å². The van der Waals surface area contributed by atoms with Crippen molar-refractivity contribution in [2.45, 2.75) is 15.4 Å². The Bertz CT molecular complexity index is 1910. The minimum absolute atomic E-state index is 0.0554. The third kappa shape index (κ3) is 7.75. The fourth-order valence-corrected chi connectivity index (χ4v) is 6.13. The van der Waals surface area contributed by atoms with E-state index in [-0.39, 0.29) is 5.56 Å². The lowest BCUT2D eigenvalue weighted by Gasteiger charge is -2.17. The van der Waals surface area contributed by atoms with Gasteiger partial charge in [0.1, 0.15) is 0 Å². The van der Waals surface area contributed by atoms with Crippen molar-refractivity contribution in [3.8, 4) is 0 Å². The molecule has 0 saturated heterocycles. The van der Waals surface area contributed by atoms with Crippen molar-refractivity contribution in [1.29, 1.82) is 0 Å². The van der Waals surface area contributed by atoms with Crippen LogP contribution in [0.15, 0.2) is 150 Å².